The molecule has 0 saturated carbocycles. The van der Waals surface area contributed by atoms with E-state index in [4.69, 9.17) is 9.97 Å². The van der Waals surface area contributed by atoms with Gasteiger partial charge in [-0.15, -0.1) is 0 Å². The van der Waals surface area contributed by atoms with Gasteiger partial charge in [0.2, 0.25) is 0 Å². The highest BCUT2D eigenvalue weighted by molar-refractivity contribution is 6.04. The van der Waals surface area contributed by atoms with Crippen LogP contribution in [0.15, 0.2) is 182 Å². The van der Waals surface area contributed by atoms with Crippen LogP contribution < -0.4 is 0 Å². The van der Waals surface area contributed by atoms with Crippen LogP contribution in [0.5, 0.6) is 0 Å². The minimum absolute atomic E-state index is 0.711. The molecule has 0 saturated heterocycles. The molecule has 0 atom stereocenters. The van der Waals surface area contributed by atoms with Crippen LogP contribution in [0.3, 0.4) is 0 Å². The van der Waals surface area contributed by atoms with Crippen molar-refractivity contribution in [3.8, 4) is 67.3 Å². The summed E-state index contributed by atoms with van der Waals surface area (Å²) in [6, 6.07) is 63.9. The van der Waals surface area contributed by atoms with E-state index in [1.54, 1.807) is 0 Å². The van der Waals surface area contributed by atoms with Crippen molar-refractivity contribution >= 4 is 10.8 Å². The molecule has 216 valence electrons. The van der Waals surface area contributed by atoms with Crippen LogP contribution in [-0.4, -0.2) is 9.97 Å². The number of hydrogen-bond acceptors (Lipinski definition) is 2. The van der Waals surface area contributed by atoms with Gasteiger partial charge in [-0.25, -0.2) is 9.97 Å². The SMILES string of the molecule is c1ccc(-c2ccc(-c3cc(-c4ccc(-c5ccccc5)cc4)nc(-c4ccc(-c5ccccc5)c5ccccc45)n3)cc2)cc1. The first-order valence-electron chi connectivity index (χ1n) is 15.6. The Balaban J connectivity index is 1.27. The van der Waals surface area contributed by atoms with Gasteiger partial charge in [0.1, 0.15) is 0 Å². The number of nitrogens with zero attached hydrogens (tertiary/aromatic N) is 2. The molecule has 0 aliphatic rings. The largest absolute Gasteiger partial charge is 0.228 e. The number of fused-ring (bicyclic) bond motifs is 1. The molecular weight excluding hydrogens is 556 g/mol. The lowest BCUT2D eigenvalue weighted by atomic mass is 9.94. The summed E-state index contributed by atoms with van der Waals surface area (Å²) in [5.74, 6) is 0.711. The average molecular weight is 587 g/mol. The minimum atomic E-state index is 0.711. The summed E-state index contributed by atoms with van der Waals surface area (Å²) < 4.78 is 0. The molecule has 0 spiro atoms. The van der Waals surface area contributed by atoms with Crippen molar-refractivity contribution in [1.82, 2.24) is 9.97 Å². The van der Waals surface area contributed by atoms with Crippen molar-refractivity contribution in [1.29, 1.82) is 0 Å². The minimum Gasteiger partial charge on any atom is -0.228 e. The Bertz CT molecular complexity index is 2160. The molecule has 2 heteroatoms. The summed E-state index contributed by atoms with van der Waals surface area (Å²) in [4.78, 5) is 10.4. The monoisotopic (exact) mass is 586 g/mol. The molecule has 0 amide bonds. The fourth-order valence-corrected chi connectivity index (χ4v) is 6.16. The Labute approximate surface area is 269 Å². The number of benzene rings is 7. The van der Waals surface area contributed by atoms with E-state index in [2.05, 4.69) is 170 Å². The summed E-state index contributed by atoms with van der Waals surface area (Å²) in [5.41, 5.74) is 12.0. The topological polar surface area (TPSA) is 25.8 Å². The second kappa shape index (κ2) is 12.1. The maximum Gasteiger partial charge on any atom is 0.161 e. The van der Waals surface area contributed by atoms with E-state index >= 15 is 0 Å². The van der Waals surface area contributed by atoms with E-state index in [1.165, 1.54) is 38.8 Å². The lowest BCUT2D eigenvalue weighted by molar-refractivity contribution is 1.19. The molecule has 0 aliphatic carbocycles. The second-order valence-corrected chi connectivity index (χ2v) is 11.4. The smallest absolute Gasteiger partial charge is 0.161 e. The molecule has 1 aromatic heterocycles. The van der Waals surface area contributed by atoms with Crippen LogP contribution in [0.1, 0.15) is 0 Å². The standard InChI is InChI=1S/C44H30N2/c1-4-12-31(13-5-1)33-20-24-36(25-21-33)42-30-43(37-26-22-34(23-27-37)32-14-6-2-7-15-32)46-44(45-42)41-29-28-38(35-16-8-3-9-17-35)39-18-10-11-19-40(39)41/h1-30H. The van der Waals surface area contributed by atoms with Crippen LogP contribution in [-0.2, 0) is 0 Å². The summed E-state index contributed by atoms with van der Waals surface area (Å²) in [7, 11) is 0. The fraction of sp³-hybridized carbons (Fsp3) is 0. The average Bonchev–Trinajstić information content (AvgIpc) is 3.15. The molecule has 1 heterocycles. The van der Waals surface area contributed by atoms with Gasteiger partial charge >= 0.3 is 0 Å². The van der Waals surface area contributed by atoms with Crippen molar-refractivity contribution in [2.75, 3.05) is 0 Å². The Morgan fingerprint density at radius 2 is 0.609 bits per heavy atom. The van der Waals surface area contributed by atoms with Gasteiger partial charge in [-0.2, -0.15) is 0 Å². The van der Waals surface area contributed by atoms with E-state index in [1.807, 2.05) is 12.1 Å². The lowest BCUT2D eigenvalue weighted by Gasteiger charge is -2.14. The zero-order valence-corrected chi connectivity index (χ0v) is 25.2. The number of rotatable bonds is 6. The molecule has 0 bridgehead atoms. The Kier molecular flexibility index (Phi) is 7.22. The quantitative estimate of drug-likeness (QED) is 0.194. The Morgan fingerprint density at radius 3 is 1.09 bits per heavy atom. The van der Waals surface area contributed by atoms with Crippen LogP contribution in [0.25, 0.3) is 78.1 Å². The highest BCUT2D eigenvalue weighted by Gasteiger charge is 2.15. The van der Waals surface area contributed by atoms with Gasteiger partial charge in [0.05, 0.1) is 11.4 Å². The van der Waals surface area contributed by atoms with E-state index in [-0.39, 0.29) is 0 Å². The summed E-state index contributed by atoms with van der Waals surface area (Å²) >= 11 is 0. The predicted molar refractivity (Wildman–Crippen MR) is 192 cm³/mol. The molecule has 46 heavy (non-hydrogen) atoms. The van der Waals surface area contributed by atoms with E-state index in [0.717, 1.165) is 33.5 Å². The van der Waals surface area contributed by atoms with Gasteiger partial charge in [-0.3, -0.25) is 0 Å². The normalized spacial score (nSPS) is 11.0. The first-order chi connectivity index (χ1) is 22.8. The van der Waals surface area contributed by atoms with Crippen molar-refractivity contribution in [2.45, 2.75) is 0 Å². The first kappa shape index (κ1) is 27.4. The van der Waals surface area contributed by atoms with Crippen LogP contribution in [0.2, 0.25) is 0 Å². The zero-order valence-electron chi connectivity index (χ0n) is 25.2. The maximum atomic E-state index is 5.21. The molecule has 0 aliphatic heterocycles. The van der Waals surface area contributed by atoms with Gasteiger partial charge in [-0.1, -0.05) is 170 Å². The van der Waals surface area contributed by atoms with Crippen molar-refractivity contribution < 1.29 is 0 Å². The molecule has 7 aromatic carbocycles. The van der Waals surface area contributed by atoms with Crippen molar-refractivity contribution in [2.24, 2.45) is 0 Å². The highest BCUT2D eigenvalue weighted by atomic mass is 14.9. The number of hydrogen-bond donors (Lipinski definition) is 0. The van der Waals surface area contributed by atoms with Gasteiger partial charge in [0.25, 0.3) is 0 Å². The van der Waals surface area contributed by atoms with Gasteiger partial charge in [0.15, 0.2) is 5.82 Å². The second-order valence-electron chi connectivity index (χ2n) is 11.4. The molecule has 0 fully saturated rings. The third-order valence-electron chi connectivity index (χ3n) is 8.55. The summed E-state index contributed by atoms with van der Waals surface area (Å²) in [6.07, 6.45) is 0. The maximum absolute atomic E-state index is 5.21. The molecule has 0 unspecified atom stereocenters. The van der Waals surface area contributed by atoms with Crippen LogP contribution in [0, 0.1) is 0 Å². The Morgan fingerprint density at radius 1 is 0.261 bits per heavy atom. The van der Waals surface area contributed by atoms with Gasteiger partial charge in [-0.05, 0) is 56.3 Å². The molecule has 8 rings (SSSR count). The summed E-state index contributed by atoms with van der Waals surface area (Å²) in [6.45, 7) is 0. The molecule has 0 N–H and O–H groups in total. The van der Waals surface area contributed by atoms with E-state index in [9.17, 15) is 0 Å². The highest BCUT2D eigenvalue weighted by Crippen LogP contribution is 2.37. The van der Waals surface area contributed by atoms with Crippen molar-refractivity contribution in [3.63, 3.8) is 0 Å². The molecule has 8 aromatic rings. The van der Waals surface area contributed by atoms with Gasteiger partial charge < -0.3 is 0 Å². The third kappa shape index (κ3) is 5.38. The van der Waals surface area contributed by atoms with Crippen molar-refractivity contribution in [3.05, 3.63) is 182 Å². The predicted octanol–water partition coefficient (Wildman–Crippen LogP) is 11.6. The van der Waals surface area contributed by atoms with Crippen LogP contribution >= 0.6 is 0 Å². The molecule has 0 radical (unpaired) electrons. The van der Waals surface area contributed by atoms with Crippen LogP contribution in [0.4, 0.5) is 0 Å². The summed E-state index contributed by atoms with van der Waals surface area (Å²) in [5, 5.41) is 2.31. The molecular formula is C44H30N2. The van der Waals surface area contributed by atoms with Gasteiger partial charge in [0, 0.05) is 16.7 Å². The Hall–Kier alpha value is -6.12. The lowest BCUT2D eigenvalue weighted by Crippen LogP contribution is -1.97. The van der Waals surface area contributed by atoms with E-state index < -0.39 is 0 Å². The molecule has 2 nitrogen and oxygen atoms in total. The van der Waals surface area contributed by atoms with E-state index in [0.29, 0.717) is 5.82 Å². The fourth-order valence-electron chi connectivity index (χ4n) is 6.16. The third-order valence-corrected chi connectivity index (χ3v) is 8.55. The first-order valence-corrected chi connectivity index (χ1v) is 15.6. The number of aromatic nitrogens is 2. The zero-order chi connectivity index (χ0) is 30.7.